The summed E-state index contributed by atoms with van der Waals surface area (Å²) in [5.74, 6) is 5.77. The molecule has 6 aromatic rings. The number of nitrogens with zero attached hydrogens (tertiary/aromatic N) is 6. The van der Waals surface area contributed by atoms with Gasteiger partial charge in [0.15, 0.2) is 0 Å². The number of hydrogen-bond donors (Lipinski definition) is 0. The van der Waals surface area contributed by atoms with E-state index in [9.17, 15) is 0 Å². The minimum atomic E-state index is -0.238. The summed E-state index contributed by atoms with van der Waals surface area (Å²) >= 11 is 0. The van der Waals surface area contributed by atoms with Crippen molar-refractivity contribution in [3.8, 4) is 23.0 Å². The van der Waals surface area contributed by atoms with Crippen LogP contribution in [0.4, 0.5) is 11.4 Å². The molecule has 260 valence electrons. The van der Waals surface area contributed by atoms with Gasteiger partial charge < -0.3 is 18.9 Å². The molecule has 10 heteroatoms. The number of aryl methyl sites for hydroxylation is 4. The van der Waals surface area contributed by atoms with Crippen LogP contribution in [0, 0.1) is 0 Å². The van der Waals surface area contributed by atoms with Gasteiger partial charge in [0.05, 0.1) is 53.8 Å². The Morgan fingerprint density at radius 1 is 0.529 bits per heavy atom. The number of benzene rings is 4. The maximum atomic E-state index is 6.16. The molecule has 0 aliphatic rings. The molecule has 0 aliphatic carbocycles. The van der Waals surface area contributed by atoms with E-state index in [1.165, 1.54) is 11.1 Å². The molecule has 0 radical (unpaired) electrons. The van der Waals surface area contributed by atoms with E-state index in [4.69, 9.17) is 18.9 Å². The third-order valence-corrected chi connectivity index (χ3v) is 8.89. The Hall–Kier alpha value is -6.16. The molecule has 0 saturated heterocycles. The SMILES string of the molecule is CO/C(=N\c1ccc(Oc2ccc(C(C)(C)c3ccc(Oc4ccc(/N=C(\OC)c5n(C)cc[n+]5C)cc4)cc3)cc2)cc1)c1n(C)cc[n+]1C. The van der Waals surface area contributed by atoms with Gasteiger partial charge in [-0.15, -0.1) is 0 Å². The first-order valence-electron chi connectivity index (χ1n) is 16.6. The van der Waals surface area contributed by atoms with Crippen LogP contribution in [0.2, 0.25) is 0 Å². The predicted octanol–water partition coefficient (Wildman–Crippen LogP) is 7.37. The second-order valence-corrected chi connectivity index (χ2v) is 12.8. The zero-order valence-electron chi connectivity index (χ0n) is 30.4. The molecule has 0 aliphatic heterocycles. The lowest BCUT2D eigenvalue weighted by Crippen LogP contribution is -2.35. The number of aromatic nitrogens is 4. The van der Waals surface area contributed by atoms with Crippen LogP contribution in [-0.2, 0) is 43.1 Å². The summed E-state index contributed by atoms with van der Waals surface area (Å²) in [7, 11) is 11.1. The summed E-state index contributed by atoms with van der Waals surface area (Å²) in [6.07, 6.45) is 7.84. The van der Waals surface area contributed by atoms with Crippen molar-refractivity contribution in [1.82, 2.24) is 9.13 Å². The zero-order chi connectivity index (χ0) is 36.1. The highest BCUT2D eigenvalue weighted by Crippen LogP contribution is 2.35. The van der Waals surface area contributed by atoms with Gasteiger partial charge >= 0.3 is 23.4 Å². The van der Waals surface area contributed by atoms with Crippen LogP contribution in [0.25, 0.3) is 0 Å². The van der Waals surface area contributed by atoms with Gasteiger partial charge in [-0.1, -0.05) is 38.1 Å². The number of rotatable bonds is 10. The third kappa shape index (κ3) is 7.70. The van der Waals surface area contributed by atoms with E-state index in [0.717, 1.165) is 46.0 Å². The third-order valence-electron chi connectivity index (χ3n) is 8.89. The lowest BCUT2D eigenvalue weighted by molar-refractivity contribution is -0.672. The fourth-order valence-corrected chi connectivity index (χ4v) is 5.89. The monoisotopic (exact) mass is 684 g/mol. The highest BCUT2D eigenvalue weighted by Gasteiger charge is 2.24. The van der Waals surface area contributed by atoms with Gasteiger partial charge in [0, 0.05) is 5.41 Å². The molecule has 51 heavy (non-hydrogen) atoms. The number of hydrogen-bond acceptors (Lipinski definition) is 6. The van der Waals surface area contributed by atoms with Crippen molar-refractivity contribution in [2.45, 2.75) is 19.3 Å². The average Bonchev–Trinajstić information content (AvgIpc) is 3.66. The number of imidazole rings is 2. The fraction of sp³-hybridized carbons (Fsp3) is 0.220. The molecule has 2 aromatic heterocycles. The summed E-state index contributed by atoms with van der Waals surface area (Å²) < 4.78 is 31.4. The Labute approximate surface area is 299 Å². The van der Waals surface area contributed by atoms with E-state index in [0.29, 0.717) is 11.8 Å². The minimum absolute atomic E-state index is 0.238. The summed E-state index contributed by atoms with van der Waals surface area (Å²) in [4.78, 5) is 9.38. The molecule has 0 fully saturated rings. The Morgan fingerprint density at radius 3 is 1.12 bits per heavy atom. The molecule has 2 heterocycles. The molecule has 0 amide bonds. The highest BCUT2D eigenvalue weighted by molar-refractivity contribution is 5.91. The smallest absolute Gasteiger partial charge is 0.344 e. The summed E-state index contributed by atoms with van der Waals surface area (Å²) in [6, 6.07) is 31.7. The zero-order valence-corrected chi connectivity index (χ0v) is 30.4. The van der Waals surface area contributed by atoms with Crippen molar-refractivity contribution in [2.24, 2.45) is 38.2 Å². The molecule has 0 N–H and O–H groups in total. The van der Waals surface area contributed by atoms with Crippen molar-refractivity contribution >= 4 is 23.2 Å². The first-order valence-corrected chi connectivity index (χ1v) is 16.6. The van der Waals surface area contributed by atoms with Gasteiger partial charge in [0.2, 0.25) is 0 Å². The van der Waals surface area contributed by atoms with Crippen LogP contribution in [0.1, 0.15) is 36.6 Å². The number of methoxy groups -OCH3 is 2. The molecule has 0 atom stereocenters. The van der Waals surface area contributed by atoms with Crippen molar-refractivity contribution in [3.63, 3.8) is 0 Å². The van der Waals surface area contributed by atoms with Crippen LogP contribution in [-0.4, -0.2) is 35.1 Å². The lowest BCUT2D eigenvalue weighted by atomic mass is 9.78. The van der Waals surface area contributed by atoms with Gasteiger partial charge in [0.1, 0.15) is 47.8 Å². The normalized spacial score (nSPS) is 12.2. The maximum Gasteiger partial charge on any atom is 0.344 e. The van der Waals surface area contributed by atoms with Crippen LogP contribution in [0.15, 0.2) is 132 Å². The predicted molar refractivity (Wildman–Crippen MR) is 198 cm³/mol. The standard InChI is InChI=1S/C41H44N6O4/c1-41(2,29-9-17-33(18-10-29)50-35-21-13-31(14-22-35)42-37(48-7)39-44(3)25-26-45(39)4)30-11-19-34(20-12-30)51-36-23-15-32(16-24-36)43-38(49-8)40-46(5)27-28-47(40)6/h9-28H,1-8H3/q+2/b42-37-,43-38-. The van der Waals surface area contributed by atoms with Crippen LogP contribution in [0.3, 0.4) is 0 Å². The van der Waals surface area contributed by atoms with E-state index in [1.807, 2.05) is 144 Å². The van der Waals surface area contributed by atoms with Gasteiger partial charge in [-0.25, -0.2) is 28.3 Å². The molecule has 0 bridgehead atoms. The van der Waals surface area contributed by atoms with Gasteiger partial charge in [0.25, 0.3) is 0 Å². The molecule has 4 aromatic carbocycles. The van der Waals surface area contributed by atoms with Gasteiger partial charge in [-0.3, -0.25) is 0 Å². The first-order chi connectivity index (χ1) is 24.5. The molecule has 10 nitrogen and oxygen atoms in total. The average molecular weight is 685 g/mol. The van der Waals surface area contributed by atoms with Crippen molar-refractivity contribution in [3.05, 3.63) is 145 Å². The minimum Gasteiger partial charge on any atom is -0.475 e. The Bertz CT molecular complexity index is 1970. The quantitative estimate of drug-likeness (QED) is 0.0858. The number of ether oxygens (including phenoxy) is 4. The topological polar surface area (TPSA) is 79.3 Å². The van der Waals surface area contributed by atoms with E-state index in [1.54, 1.807) is 14.2 Å². The first kappa shape index (κ1) is 34.7. The van der Waals surface area contributed by atoms with E-state index >= 15 is 0 Å². The summed E-state index contributed by atoms with van der Waals surface area (Å²) in [5.41, 5.74) is 3.64. The second-order valence-electron chi connectivity index (χ2n) is 12.8. The molecular formula is C41H44N6O4+2. The van der Waals surface area contributed by atoms with Gasteiger partial charge in [-0.05, 0) is 83.9 Å². The van der Waals surface area contributed by atoms with Crippen LogP contribution in [0.5, 0.6) is 23.0 Å². The van der Waals surface area contributed by atoms with E-state index in [-0.39, 0.29) is 5.41 Å². The molecule has 0 spiro atoms. The largest absolute Gasteiger partial charge is 0.475 e. The Kier molecular flexibility index (Phi) is 10.0. The van der Waals surface area contributed by atoms with Crippen LogP contribution >= 0.6 is 0 Å². The molecule has 0 saturated carbocycles. The van der Waals surface area contributed by atoms with Crippen molar-refractivity contribution in [1.29, 1.82) is 0 Å². The van der Waals surface area contributed by atoms with E-state index in [2.05, 4.69) is 48.1 Å². The van der Waals surface area contributed by atoms with E-state index < -0.39 is 0 Å². The highest BCUT2D eigenvalue weighted by atomic mass is 16.5. The van der Waals surface area contributed by atoms with Gasteiger partial charge in [-0.2, -0.15) is 0 Å². The second kappa shape index (κ2) is 14.8. The van der Waals surface area contributed by atoms with Crippen LogP contribution < -0.4 is 18.6 Å². The van der Waals surface area contributed by atoms with Crippen molar-refractivity contribution in [2.75, 3.05) is 14.2 Å². The Balaban J connectivity index is 1.08. The summed E-state index contributed by atoms with van der Waals surface area (Å²) in [5, 5.41) is 0. The maximum absolute atomic E-state index is 6.16. The molecule has 0 unspecified atom stereocenters. The van der Waals surface area contributed by atoms with Crippen molar-refractivity contribution < 1.29 is 28.1 Å². The molecule has 6 rings (SSSR count). The summed E-state index contributed by atoms with van der Waals surface area (Å²) in [6.45, 7) is 4.43. The Morgan fingerprint density at radius 2 is 0.843 bits per heavy atom. The molecular weight excluding hydrogens is 640 g/mol. The fourth-order valence-electron chi connectivity index (χ4n) is 5.89. The number of aliphatic imine (C=N–C) groups is 2. The lowest BCUT2D eigenvalue weighted by Gasteiger charge is -2.26.